The average Bonchev–Trinajstić information content (AvgIpc) is 2.40. The van der Waals surface area contributed by atoms with E-state index in [0.717, 1.165) is 21.3 Å². The molecule has 4 heteroatoms. The molecule has 0 fully saturated rings. The van der Waals surface area contributed by atoms with Crippen LogP contribution >= 0.6 is 15.9 Å². The van der Waals surface area contributed by atoms with Gasteiger partial charge in [-0.2, -0.15) is 0 Å². The van der Waals surface area contributed by atoms with E-state index < -0.39 is 6.10 Å². The van der Waals surface area contributed by atoms with E-state index in [1.165, 1.54) is 0 Å². The lowest BCUT2D eigenvalue weighted by Crippen LogP contribution is -2.19. The van der Waals surface area contributed by atoms with Crippen molar-refractivity contribution in [3.63, 3.8) is 0 Å². The number of rotatable bonds is 1. The van der Waals surface area contributed by atoms with Crippen LogP contribution in [-0.4, -0.2) is 10.1 Å². The van der Waals surface area contributed by atoms with Gasteiger partial charge >= 0.3 is 0 Å². The van der Waals surface area contributed by atoms with Gasteiger partial charge in [0.2, 0.25) is 0 Å². The Morgan fingerprint density at radius 1 is 1.33 bits per heavy atom. The molecule has 1 aromatic heterocycles. The normalized spacial score (nSPS) is 22.1. The van der Waals surface area contributed by atoms with Crippen LogP contribution in [0.4, 0.5) is 0 Å². The first kappa shape index (κ1) is 11.7. The monoisotopic (exact) mass is 305 g/mol. The molecule has 1 aliphatic rings. The van der Waals surface area contributed by atoms with Crippen molar-refractivity contribution in [1.82, 2.24) is 4.98 Å². The molecule has 2 heterocycles. The van der Waals surface area contributed by atoms with E-state index in [1.807, 2.05) is 30.3 Å². The zero-order valence-electron chi connectivity index (χ0n) is 9.58. The number of hydrogen-bond donors (Lipinski definition) is 1. The summed E-state index contributed by atoms with van der Waals surface area (Å²) in [6.45, 7) is 0. The number of pyridine rings is 1. The van der Waals surface area contributed by atoms with Crippen molar-refractivity contribution in [2.24, 2.45) is 0 Å². The highest BCUT2D eigenvalue weighted by Gasteiger charge is 2.28. The van der Waals surface area contributed by atoms with Crippen molar-refractivity contribution in [3.05, 3.63) is 58.3 Å². The fraction of sp³-hybridized carbons (Fsp3) is 0.214. The van der Waals surface area contributed by atoms with Gasteiger partial charge in [0.05, 0.1) is 6.10 Å². The van der Waals surface area contributed by atoms with Gasteiger partial charge in [-0.3, -0.25) is 4.98 Å². The molecule has 0 bridgehead atoms. The summed E-state index contributed by atoms with van der Waals surface area (Å²) in [6.07, 6.45) is 3.42. The van der Waals surface area contributed by atoms with E-state index in [2.05, 4.69) is 20.9 Å². The number of nitrogens with zero attached hydrogens (tertiary/aromatic N) is 1. The Kier molecular flexibility index (Phi) is 3.06. The minimum atomic E-state index is -0.503. The number of aliphatic hydroxyl groups excluding tert-OH is 1. The Hall–Kier alpha value is -1.39. The number of fused-ring (bicyclic) bond motifs is 1. The van der Waals surface area contributed by atoms with Gasteiger partial charge in [0.25, 0.3) is 0 Å². The predicted molar refractivity (Wildman–Crippen MR) is 71.3 cm³/mol. The topological polar surface area (TPSA) is 42.4 Å². The molecule has 0 amide bonds. The summed E-state index contributed by atoms with van der Waals surface area (Å²) < 4.78 is 6.87. The van der Waals surface area contributed by atoms with E-state index in [0.29, 0.717) is 6.42 Å². The minimum Gasteiger partial charge on any atom is -0.485 e. The number of aromatic nitrogens is 1. The lowest BCUT2D eigenvalue weighted by atomic mass is 9.96. The summed E-state index contributed by atoms with van der Waals surface area (Å²) in [6, 6.07) is 9.54. The van der Waals surface area contributed by atoms with Crippen LogP contribution in [0.2, 0.25) is 0 Å². The molecule has 0 radical (unpaired) electrons. The molecule has 2 aromatic rings. The van der Waals surface area contributed by atoms with Crippen molar-refractivity contribution in [3.8, 4) is 5.75 Å². The number of aliphatic hydroxyl groups is 1. The second-order valence-corrected chi connectivity index (χ2v) is 5.24. The SMILES string of the molecule is O[C@H]1CC(c2cccnc2)Oc2ccc(Br)cc21. The van der Waals surface area contributed by atoms with E-state index in [1.54, 1.807) is 12.4 Å². The Balaban J connectivity index is 1.95. The summed E-state index contributed by atoms with van der Waals surface area (Å²) in [7, 11) is 0. The van der Waals surface area contributed by atoms with Crippen molar-refractivity contribution < 1.29 is 9.84 Å². The molecule has 3 rings (SSSR count). The quantitative estimate of drug-likeness (QED) is 0.878. The molecule has 1 unspecified atom stereocenters. The summed E-state index contributed by atoms with van der Waals surface area (Å²) in [5.74, 6) is 0.741. The van der Waals surface area contributed by atoms with Gasteiger partial charge in [0.15, 0.2) is 0 Å². The van der Waals surface area contributed by atoms with Crippen molar-refractivity contribution >= 4 is 15.9 Å². The maximum Gasteiger partial charge on any atom is 0.128 e. The third-order valence-corrected chi connectivity index (χ3v) is 3.59. The molecule has 0 spiro atoms. The number of benzene rings is 1. The Morgan fingerprint density at radius 3 is 3.00 bits per heavy atom. The van der Waals surface area contributed by atoms with E-state index >= 15 is 0 Å². The van der Waals surface area contributed by atoms with Crippen LogP contribution < -0.4 is 4.74 Å². The van der Waals surface area contributed by atoms with E-state index in [9.17, 15) is 5.11 Å². The highest BCUT2D eigenvalue weighted by molar-refractivity contribution is 9.10. The maximum atomic E-state index is 10.2. The molecule has 1 aliphatic heterocycles. The molecule has 0 aliphatic carbocycles. The van der Waals surface area contributed by atoms with Gasteiger partial charge in [-0.1, -0.05) is 22.0 Å². The highest BCUT2D eigenvalue weighted by Crippen LogP contribution is 2.41. The van der Waals surface area contributed by atoms with Gasteiger partial charge in [-0.05, 0) is 24.3 Å². The van der Waals surface area contributed by atoms with Crippen LogP contribution in [0.15, 0.2) is 47.2 Å². The summed E-state index contributed by atoms with van der Waals surface area (Å²) in [4.78, 5) is 4.09. The molecule has 1 aromatic carbocycles. The molecule has 3 nitrogen and oxygen atoms in total. The van der Waals surface area contributed by atoms with Gasteiger partial charge < -0.3 is 9.84 Å². The number of halogens is 1. The second-order valence-electron chi connectivity index (χ2n) is 4.33. The van der Waals surface area contributed by atoms with Crippen LogP contribution in [0.3, 0.4) is 0 Å². The zero-order chi connectivity index (χ0) is 12.5. The summed E-state index contributed by atoms with van der Waals surface area (Å²) >= 11 is 3.40. The lowest BCUT2D eigenvalue weighted by molar-refractivity contribution is 0.0655. The molecule has 0 saturated carbocycles. The second kappa shape index (κ2) is 4.71. The summed E-state index contributed by atoms with van der Waals surface area (Å²) in [5, 5.41) is 10.2. The average molecular weight is 306 g/mol. The Morgan fingerprint density at radius 2 is 2.22 bits per heavy atom. The molecular weight excluding hydrogens is 294 g/mol. The minimum absolute atomic E-state index is 0.137. The van der Waals surface area contributed by atoms with Crippen LogP contribution in [0.25, 0.3) is 0 Å². The first-order chi connectivity index (χ1) is 8.74. The van der Waals surface area contributed by atoms with Crippen LogP contribution in [0.5, 0.6) is 5.75 Å². The fourth-order valence-electron chi connectivity index (χ4n) is 2.19. The van der Waals surface area contributed by atoms with Gasteiger partial charge in [0, 0.05) is 34.4 Å². The third-order valence-electron chi connectivity index (χ3n) is 3.09. The standard InChI is InChI=1S/C14H12BrNO2/c15-10-3-4-13-11(6-10)12(17)7-14(18-13)9-2-1-5-16-8-9/h1-6,8,12,14,17H,7H2/t12-,14?/m0/s1. The van der Waals surface area contributed by atoms with Gasteiger partial charge in [0.1, 0.15) is 11.9 Å². The molecule has 1 N–H and O–H groups in total. The third kappa shape index (κ3) is 2.13. The van der Waals surface area contributed by atoms with Crippen LogP contribution in [-0.2, 0) is 0 Å². The van der Waals surface area contributed by atoms with Crippen molar-refractivity contribution in [2.75, 3.05) is 0 Å². The molecular formula is C14H12BrNO2. The molecule has 18 heavy (non-hydrogen) atoms. The number of hydrogen-bond acceptors (Lipinski definition) is 3. The van der Waals surface area contributed by atoms with Crippen molar-refractivity contribution in [1.29, 1.82) is 0 Å². The lowest BCUT2D eigenvalue weighted by Gasteiger charge is -2.29. The zero-order valence-corrected chi connectivity index (χ0v) is 11.2. The van der Waals surface area contributed by atoms with Crippen LogP contribution in [0, 0.1) is 0 Å². The summed E-state index contributed by atoms with van der Waals surface area (Å²) in [5.41, 5.74) is 1.83. The number of ether oxygens (including phenoxy) is 1. The smallest absolute Gasteiger partial charge is 0.128 e. The highest BCUT2D eigenvalue weighted by atomic mass is 79.9. The Labute approximate surface area is 114 Å². The predicted octanol–water partition coefficient (Wildman–Crippen LogP) is 3.40. The molecule has 92 valence electrons. The molecule has 2 atom stereocenters. The van der Waals surface area contributed by atoms with Crippen LogP contribution in [0.1, 0.15) is 29.8 Å². The fourth-order valence-corrected chi connectivity index (χ4v) is 2.57. The van der Waals surface area contributed by atoms with Gasteiger partial charge in [-0.25, -0.2) is 0 Å². The van der Waals surface area contributed by atoms with E-state index in [4.69, 9.17) is 4.74 Å². The largest absolute Gasteiger partial charge is 0.485 e. The maximum absolute atomic E-state index is 10.2. The van der Waals surface area contributed by atoms with Gasteiger partial charge in [-0.15, -0.1) is 0 Å². The first-order valence-electron chi connectivity index (χ1n) is 5.78. The van der Waals surface area contributed by atoms with E-state index in [-0.39, 0.29) is 6.10 Å². The first-order valence-corrected chi connectivity index (χ1v) is 6.57. The van der Waals surface area contributed by atoms with Crippen molar-refractivity contribution in [2.45, 2.75) is 18.6 Å². The molecule has 0 saturated heterocycles. The Bertz CT molecular complexity index is 559.